The molecule has 0 fully saturated rings. The number of benzene rings is 1. The van der Waals surface area contributed by atoms with Crippen molar-refractivity contribution in [2.24, 2.45) is 0 Å². The maximum Gasteiger partial charge on any atom is 0.208 e. The van der Waals surface area contributed by atoms with E-state index in [9.17, 15) is 4.39 Å². The van der Waals surface area contributed by atoms with Crippen LogP contribution in [0.15, 0.2) is 24.4 Å². The van der Waals surface area contributed by atoms with Gasteiger partial charge in [0, 0.05) is 12.2 Å². The van der Waals surface area contributed by atoms with Gasteiger partial charge in [0.15, 0.2) is 0 Å². The number of hydrogen-bond donors (Lipinski definition) is 1. The largest absolute Gasteiger partial charge is 0.353 e. The first kappa shape index (κ1) is 12.6. The summed E-state index contributed by atoms with van der Waals surface area (Å²) in [6.07, 6.45) is 1.83. The Hall–Kier alpha value is -1.84. The summed E-state index contributed by atoms with van der Waals surface area (Å²) in [5.41, 5.74) is 2.29. The highest BCUT2D eigenvalue weighted by Crippen LogP contribution is 2.20. The third-order valence-corrected chi connectivity index (χ3v) is 2.61. The van der Waals surface area contributed by atoms with Crippen LogP contribution < -0.4 is 5.32 Å². The van der Waals surface area contributed by atoms with Gasteiger partial charge in [-0.05, 0) is 45.4 Å². The molecule has 0 bridgehead atoms. The van der Waals surface area contributed by atoms with E-state index >= 15 is 0 Å². The van der Waals surface area contributed by atoms with Crippen molar-refractivity contribution in [3.63, 3.8) is 0 Å². The molecule has 0 aliphatic rings. The van der Waals surface area contributed by atoms with E-state index in [4.69, 9.17) is 0 Å². The van der Waals surface area contributed by atoms with Crippen molar-refractivity contribution in [1.82, 2.24) is 9.55 Å². The van der Waals surface area contributed by atoms with Crippen LogP contribution in [0.3, 0.4) is 0 Å². The minimum absolute atomic E-state index is 0.237. The van der Waals surface area contributed by atoms with E-state index < -0.39 is 0 Å². The number of anilines is 1. The summed E-state index contributed by atoms with van der Waals surface area (Å²) in [5.74, 6) is 0.435. The van der Waals surface area contributed by atoms with Gasteiger partial charge >= 0.3 is 0 Å². The zero-order valence-corrected chi connectivity index (χ0v) is 11.2. The van der Waals surface area contributed by atoms with Crippen molar-refractivity contribution in [2.75, 3.05) is 5.32 Å². The molecule has 1 aromatic heterocycles. The van der Waals surface area contributed by atoms with Crippen LogP contribution in [0.5, 0.6) is 0 Å². The van der Waals surface area contributed by atoms with Crippen LogP contribution in [-0.4, -0.2) is 15.6 Å². The minimum Gasteiger partial charge on any atom is -0.353 e. The number of nitrogens with zero attached hydrogens (tertiary/aromatic N) is 2. The maximum atomic E-state index is 14.0. The molecule has 0 aliphatic heterocycles. The molecule has 1 N–H and O–H groups in total. The molecule has 2 aromatic rings. The van der Waals surface area contributed by atoms with Crippen molar-refractivity contribution in [3.8, 4) is 5.69 Å². The van der Waals surface area contributed by atoms with Crippen LogP contribution >= 0.6 is 0 Å². The third-order valence-electron chi connectivity index (χ3n) is 2.61. The van der Waals surface area contributed by atoms with Crippen LogP contribution in [0.1, 0.15) is 25.1 Å². The molecule has 3 nitrogen and oxygen atoms in total. The van der Waals surface area contributed by atoms with Gasteiger partial charge in [-0.1, -0.05) is 6.07 Å². The Labute approximate surface area is 107 Å². The van der Waals surface area contributed by atoms with Crippen LogP contribution in [-0.2, 0) is 0 Å². The average molecular weight is 247 g/mol. The van der Waals surface area contributed by atoms with Gasteiger partial charge in [0.1, 0.15) is 5.82 Å². The molecule has 0 spiro atoms. The minimum atomic E-state index is -0.237. The Morgan fingerprint density at radius 3 is 2.61 bits per heavy atom. The molecule has 0 atom stereocenters. The second kappa shape index (κ2) is 4.80. The van der Waals surface area contributed by atoms with Crippen molar-refractivity contribution in [1.29, 1.82) is 0 Å². The monoisotopic (exact) mass is 247 g/mol. The number of aromatic nitrogens is 2. The summed E-state index contributed by atoms with van der Waals surface area (Å²) >= 11 is 0. The van der Waals surface area contributed by atoms with E-state index in [0.29, 0.717) is 11.6 Å². The Bertz CT molecular complexity index is 558. The molecule has 1 heterocycles. The lowest BCUT2D eigenvalue weighted by molar-refractivity contribution is 0.617. The number of hydrogen-bond acceptors (Lipinski definition) is 2. The Morgan fingerprint density at radius 1 is 1.28 bits per heavy atom. The topological polar surface area (TPSA) is 29.9 Å². The SMILES string of the molecule is Cc1ccc(-n2cc(C)nc2NC(C)C)c(F)c1. The van der Waals surface area contributed by atoms with Crippen molar-refractivity contribution >= 4 is 5.95 Å². The highest BCUT2D eigenvalue weighted by molar-refractivity contribution is 5.45. The summed E-state index contributed by atoms with van der Waals surface area (Å²) in [6.45, 7) is 7.83. The van der Waals surface area contributed by atoms with Crippen LogP contribution in [0.2, 0.25) is 0 Å². The molecule has 96 valence electrons. The van der Waals surface area contributed by atoms with Gasteiger partial charge in [-0.2, -0.15) is 0 Å². The molecule has 1 aromatic carbocycles. The third kappa shape index (κ3) is 2.53. The fourth-order valence-electron chi connectivity index (χ4n) is 1.85. The lowest BCUT2D eigenvalue weighted by Gasteiger charge is -2.13. The highest BCUT2D eigenvalue weighted by Gasteiger charge is 2.12. The zero-order valence-electron chi connectivity index (χ0n) is 11.2. The number of rotatable bonds is 3. The van der Waals surface area contributed by atoms with Gasteiger partial charge in [-0.25, -0.2) is 9.37 Å². The van der Waals surface area contributed by atoms with Gasteiger partial charge < -0.3 is 5.32 Å². The fraction of sp³-hybridized carbons (Fsp3) is 0.357. The Kier molecular flexibility index (Phi) is 3.36. The molecule has 0 saturated heterocycles. The first-order valence-electron chi connectivity index (χ1n) is 6.06. The normalized spacial score (nSPS) is 11.0. The summed E-state index contributed by atoms with van der Waals surface area (Å²) in [6, 6.07) is 5.45. The Balaban J connectivity index is 2.49. The van der Waals surface area contributed by atoms with Crippen LogP contribution in [0.4, 0.5) is 10.3 Å². The smallest absolute Gasteiger partial charge is 0.208 e. The van der Waals surface area contributed by atoms with Crippen molar-refractivity contribution in [3.05, 3.63) is 41.5 Å². The van der Waals surface area contributed by atoms with Crippen molar-refractivity contribution < 1.29 is 4.39 Å². The molecule has 0 amide bonds. The summed E-state index contributed by atoms with van der Waals surface area (Å²) in [4.78, 5) is 4.38. The van der Waals surface area contributed by atoms with E-state index in [0.717, 1.165) is 11.3 Å². The second-order valence-electron chi connectivity index (χ2n) is 4.83. The molecule has 0 aliphatic carbocycles. The molecular weight excluding hydrogens is 229 g/mol. The number of nitrogens with one attached hydrogen (secondary N) is 1. The van der Waals surface area contributed by atoms with Crippen molar-refractivity contribution in [2.45, 2.75) is 33.7 Å². The van der Waals surface area contributed by atoms with E-state index in [1.54, 1.807) is 10.6 Å². The highest BCUT2D eigenvalue weighted by atomic mass is 19.1. The molecule has 0 radical (unpaired) electrons. The molecule has 0 saturated carbocycles. The average Bonchev–Trinajstić information content (AvgIpc) is 2.58. The van der Waals surface area contributed by atoms with Gasteiger partial charge in [-0.3, -0.25) is 4.57 Å². The van der Waals surface area contributed by atoms with Gasteiger partial charge in [-0.15, -0.1) is 0 Å². The predicted octanol–water partition coefficient (Wildman–Crippen LogP) is 3.45. The quantitative estimate of drug-likeness (QED) is 0.900. The van der Waals surface area contributed by atoms with E-state index in [-0.39, 0.29) is 11.9 Å². The van der Waals surface area contributed by atoms with Gasteiger partial charge in [0.2, 0.25) is 5.95 Å². The molecule has 18 heavy (non-hydrogen) atoms. The zero-order chi connectivity index (χ0) is 13.3. The lowest BCUT2D eigenvalue weighted by atomic mass is 10.2. The number of halogens is 1. The van der Waals surface area contributed by atoms with Gasteiger partial charge in [0.05, 0.1) is 11.4 Å². The molecule has 2 rings (SSSR count). The molecule has 0 unspecified atom stereocenters. The summed E-state index contributed by atoms with van der Waals surface area (Å²) in [7, 11) is 0. The molecular formula is C14H18FN3. The number of aryl methyl sites for hydroxylation is 2. The standard InChI is InChI=1S/C14H18FN3/c1-9(2)16-14-17-11(4)8-18(14)13-6-5-10(3)7-12(13)15/h5-9H,1-4H3,(H,16,17). The predicted molar refractivity (Wildman–Crippen MR) is 71.8 cm³/mol. The summed E-state index contributed by atoms with van der Waals surface area (Å²) < 4.78 is 15.7. The van der Waals surface area contributed by atoms with E-state index in [1.165, 1.54) is 6.07 Å². The second-order valence-corrected chi connectivity index (χ2v) is 4.83. The Morgan fingerprint density at radius 2 is 2.00 bits per heavy atom. The lowest BCUT2D eigenvalue weighted by Crippen LogP contribution is -2.14. The maximum absolute atomic E-state index is 14.0. The van der Waals surface area contributed by atoms with Crippen LogP contribution in [0.25, 0.3) is 5.69 Å². The first-order valence-corrected chi connectivity index (χ1v) is 6.06. The van der Waals surface area contributed by atoms with Gasteiger partial charge in [0.25, 0.3) is 0 Å². The summed E-state index contributed by atoms with van der Waals surface area (Å²) in [5, 5.41) is 3.22. The van der Waals surface area contributed by atoms with E-state index in [2.05, 4.69) is 10.3 Å². The molecule has 4 heteroatoms. The first-order chi connectivity index (χ1) is 8.47. The number of imidazole rings is 1. The fourth-order valence-corrected chi connectivity index (χ4v) is 1.85. The van der Waals surface area contributed by atoms with E-state index in [1.807, 2.05) is 40.0 Å². The van der Waals surface area contributed by atoms with Crippen LogP contribution in [0, 0.1) is 19.7 Å².